The van der Waals surface area contributed by atoms with Crippen LogP contribution in [0.1, 0.15) is 0 Å². The summed E-state index contributed by atoms with van der Waals surface area (Å²) in [7, 11) is 0. The second-order valence-electron chi connectivity index (χ2n) is 2.27. The van der Waals surface area contributed by atoms with Crippen molar-refractivity contribution in [1.29, 1.82) is 0 Å². The van der Waals surface area contributed by atoms with Gasteiger partial charge in [-0.2, -0.15) is 13.2 Å². The Morgan fingerprint density at radius 1 is 1.23 bits per heavy atom. The predicted molar refractivity (Wildman–Crippen MR) is 47.8 cm³/mol. The van der Waals surface area contributed by atoms with Crippen LogP contribution in [-0.2, 0) is 0 Å². The number of hydrogen-bond donors (Lipinski definition) is 1. The number of halogens is 4. The molecule has 0 aliphatic heterocycles. The highest BCUT2D eigenvalue weighted by molar-refractivity contribution is 8.00. The number of alkyl halides is 3. The van der Waals surface area contributed by atoms with Gasteiger partial charge >= 0.3 is 5.51 Å². The van der Waals surface area contributed by atoms with Crippen LogP contribution in [-0.4, -0.2) is 5.51 Å². The number of hydrogen-bond acceptors (Lipinski definition) is 2. The fraction of sp³-hybridized carbons (Fsp3) is 0.143. The molecule has 0 aliphatic rings. The van der Waals surface area contributed by atoms with Gasteiger partial charge in [0.2, 0.25) is 0 Å². The van der Waals surface area contributed by atoms with Crippen molar-refractivity contribution in [3.05, 3.63) is 23.2 Å². The summed E-state index contributed by atoms with van der Waals surface area (Å²) in [6.07, 6.45) is 0. The Balaban J connectivity index is 2.90. The molecule has 0 spiro atoms. The smallest absolute Gasteiger partial charge is 0.399 e. The lowest BCUT2D eigenvalue weighted by Crippen LogP contribution is -1.99. The van der Waals surface area contributed by atoms with E-state index in [0.717, 1.165) is 0 Å². The van der Waals surface area contributed by atoms with Gasteiger partial charge in [0.05, 0.1) is 0 Å². The molecule has 0 heterocycles. The summed E-state index contributed by atoms with van der Waals surface area (Å²) in [4.78, 5) is -0.00231. The lowest BCUT2D eigenvalue weighted by atomic mass is 10.3. The maximum absolute atomic E-state index is 11.9. The van der Waals surface area contributed by atoms with Gasteiger partial charge in [-0.1, -0.05) is 11.6 Å². The fourth-order valence-electron chi connectivity index (χ4n) is 0.777. The molecular weight excluding hydrogens is 223 g/mol. The predicted octanol–water partition coefficient (Wildman–Crippen LogP) is 3.53. The third-order valence-electron chi connectivity index (χ3n) is 1.13. The van der Waals surface area contributed by atoms with Crippen molar-refractivity contribution in [2.24, 2.45) is 0 Å². The minimum atomic E-state index is -4.31. The third kappa shape index (κ3) is 3.78. The third-order valence-corrected chi connectivity index (χ3v) is 2.05. The first-order valence-corrected chi connectivity index (χ1v) is 4.38. The quantitative estimate of drug-likeness (QED) is 0.587. The summed E-state index contributed by atoms with van der Waals surface area (Å²) in [6.45, 7) is 0. The van der Waals surface area contributed by atoms with E-state index in [0.29, 0.717) is 0 Å². The van der Waals surface area contributed by atoms with Gasteiger partial charge in [0.25, 0.3) is 0 Å². The number of nitrogen functional groups attached to an aromatic ring is 1. The van der Waals surface area contributed by atoms with Crippen molar-refractivity contribution in [2.45, 2.75) is 10.4 Å². The number of thioether (sulfide) groups is 1. The molecule has 1 rings (SSSR count). The van der Waals surface area contributed by atoms with Crippen molar-refractivity contribution in [3.63, 3.8) is 0 Å². The first-order valence-electron chi connectivity index (χ1n) is 3.18. The molecule has 6 heteroatoms. The number of nitrogens with two attached hydrogens (primary N) is 1. The zero-order chi connectivity index (χ0) is 10.1. The van der Waals surface area contributed by atoms with E-state index in [-0.39, 0.29) is 27.4 Å². The molecule has 0 bridgehead atoms. The van der Waals surface area contributed by atoms with E-state index in [1.54, 1.807) is 0 Å². The lowest BCUT2D eigenvalue weighted by Gasteiger charge is -2.06. The maximum Gasteiger partial charge on any atom is 0.446 e. The Morgan fingerprint density at radius 2 is 1.85 bits per heavy atom. The monoisotopic (exact) mass is 227 g/mol. The van der Waals surface area contributed by atoms with E-state index < -0.39 is 5.51 Å². The maximum atomic E-state index is 11.9. The van der Waals surface area contributed by atoms with E-state index >= 15 is 0 Å². The average molecular weight is 228 g/mol. The van der Waals surface area contributed by atoms with E-state index in [2.05, 4.69) is 0 Å². The Labute approximate surface area is 82.1 Å². The van der Waals surface area contributed by atoms with Crippen molar-refractivity contribution in [2.75, 3.05) is 5.73 Å². The first-order chi connectivity index (χ1) is 5.87. The van der Waals surface area contributed by atoms with Crippen LogP contribution in [0.15, 0.2) is 23.1 Å². The standard InChI is InChI=1S/C7H5ClF3NS/c8-4-1-5(12)3-6(2-4)13-7(9,10)11/h1-3H,12H2. The van der Waals surface area contributed by atoms with Crippen LogP contribution in [0.2, 0.25) is 5.02 Å². The van der Waals surface area contributed by atoms with Crippen molar-refractivity contribution < 1.29 is 13.2 Å². The summed E-state index contributed by atoms with van der Waals surface area (Å²) in [5.74, 6) is 0. The SMILES string of the molecule is Nc1cc(Cl)cc(SC(F)(F)F)c1. The molecule has 0 aliphatic carbocycles. The molecule has 1 nitrogen and oxygen atoms in total. The Hall–Kier alpha value is -0.550. The van der Waals surface area contributed by atoms with Crippen molar-refractivity contribution in [3.8, 4) is 0 Å². The van der Waals surface area contributed by atoms with Gasteiger partial charge in [-0.3, -0.25) is 0 Å². The molecule has 0 unspecified atom stereocenters. The number of rotatable bonds is 1. The second kappa shape index (κ2) is 3.67. The fourth-order valence-corrected chi connectivity index (χ4v) is 1.73. The normalized spacial score (nSPS) is 11.7. The molecule has 0 aromatic heterocycles. The summed E-state index contributed by atoms with van der Waals surface area (Å²) < 4.78 is 35.7. The number of benzene rings is 1. The molecule has 72 valence electrons. The zero-order valence-electron chi connectivity index (χ0n) is 6.23. The van der Waals surface area contributed by atoms with E-state index in [9.17, 15) is 13.2 Å². The summed E-state index contributed by atoms with van der Waals surface area (Å²) >= 11 is 5.28. The van der Waals surface area contributed by atoms with Crippen LogP contribution in [0.4, 0.5) is 18.9 Å². The average Bonchev–Trinajstić information content (AvgIpc) is 1.78. The van der Waals surface area contributed by atoms with Crippen LogP contribution in [0.25, 0.3) is 0 Å². The number of anilines is 1. The van der Waals surface area contributed by atoms with Gasteiger partial charge < -0.3 is 5.73 Å². The highest BCUT2D eigenvalue weighted by Gasteiger charge is 2.29. The molecule has 0 saturated heterocycles. The molecule has 1 aromatic carbocycles. The zero-order valence-corrected chi connectivity index (χ0v) is 7.80. The second-order valence-corrected chi connectivity index (χ2v) is 3.84. The molecular formula is C7H5ClF3NS. The first kappa shape index (κ1) is 10.5. The Kier molecular flexibility index (Phi) is 2.98. The Morgan fingerprint density at radius 3 is 2.31 bits per heavy atom. The van der Waals surface area contributed by atoms with Gasteiger partial charge in [-0.05, 0) is 30.0 Å². The summed E-state index contributed by atoms with van der Waals surface area (Å²) in [6, 6.07) is 3.84. The van der Waals surface area contributed by atoms with E-state index in [4.69, 9.17) is 17.3 Å². The highest BCUT2D eigenvalue weighted by atomic mass is 35.5. The molecule has 0 radical (unpaired) electrons. The van der Waals surface area contributed by atoms with Crippen LogP contribution < -0.4 is 5.73 Å². The van der Waals surface area contributed by atoms with Gasteiger partial charge in [0.15, 0.2) is 0 Å². The molecule has 0 fully saturated rings. The molecule has 13 heavy (non-hydrogen) atoms. The molecule has 2 N–H and O–H groups in total. The lowest BCUT2D eigenvalue weighted by molar-refractivity contribution is -0.0328. The van der Waals surface area contributed by atoms with Gasteiger partial charge in [-0.15, -0.1) is 0 Å². The van der Waals surface area contributed by atoms with Gasteiger partial charge in [0.1, 0.15) is 0 Å². The molecule has 0 saturated carbocycles. The van der Waals surface area contributed by atoms with Crippen LogP contribution in [0, 0.1) is 0 Å². The van der Waals surface area contributed by atoms with Crippen LogP contribution in [0.3, 0.4) is 0 Å². The van der Waals surface area contributed by atoms with Gasteiger partial charge in [-0.25, -0.2) is 0 Å². The Bertz CT molecular complexity index is 293. The van der Waals surface area contributed by atoms with Crippen LogP contribution >= 0.6 is 23.4 Å². The van der Waals surface area contributed by atoms with E-state index in [1.807, 2.05) is 0 Å². The minimum Gasteiger partial charge on any atom is -0.399 e. The molecule has 1 aromatic rings. The summed E-state index contributed by atoms with van der Waals surface area (Å²) in [5, 5.41) is 0.201. The minimum absolute atomic E-state index is 0.00231. The van der Waals surface area contributed by atoms with Gasteiger partial charge in [0, 0.05) is 15.6 Å². The molecule has 0 amide bonds. The van der Waals surface area contributed by atoms with Crippen LogP contribution in [0.5, 0.6) is 0 Å². The van der Waals surface area contributed by atoms with E-state index in [1.165, 1.54) is 18.2 Å². The van der Waals surface area contributed by atoms with Crippen molar-refractivity contribution in [1.82, 2.24) is 0 Å². The van der Waals surface area contributed by atoms with Crippen molar-refractivity contribution >= 4 is 29.1 Å². The largest absolute Gasteiger partial charge is 0.446 e. The summed E-state index contributed by atoms with van der Waals surface area (Å²) in [5.41, 5.74) is 1.23. The molecule has 0 atom stereocenters. The highest BCUT2D eigenvalue weighted by Crippen LogP contribution is 2.38. The topological polar surface area (TPSA) is 26.0 Å².